The normalized spacial score (nSPS) is 11.6. The summed E-state index contributed by atoms with van der Waals surface area (Å²) in [5, 5.41) is 1.25. The molecule has 0 radical (unpaired) electrons. The van der Waals surface area contributed by atoms with Crippen LogP contribution in [-0.2, 0) is 6.54 Å². The van der Waals surface area contributed by atoms with Crippen LogP contribution in [0.25, 0.3) is 0 Å². The third kappa shape index (κ3) is 5.95. The largest absolute Gasteiger partial charge is 0.457 e. The number of ether oxygens (including phenoxy) is 1. The van der Waals surface area contributed by atoms with Crippen molar-refractivity contribution in [2.24, 2.45) is 0 Å². The molecule has 0 spiro atoms. The zero-order valence-electron chi connectivity index (χ0n) is 18.1. The maximum atomic E-state index is 13.5. The van der Waals surface area contributed by atoms with Gasteiger partial charge >= 0.3 is 0 Å². The number of benzene rings is 4. The number of halogens is 2. The first-order valence-electron chi connectivity index (χ1n) is 10.6. The highest BCUT2D eigenvalue weighted by molar-refractivity contribution is 6.30. The highest BCUT2D eigenvalue weighted by Gasteiger charge is 2.23. The van der Waals surface area contributed by atoms with Gasteiger partial charge in [0.15, 0.2) is 0 Å². The zero-order valence-corrected chi connectivity index (χ0v) is 19.6. The van der Waals surface area contributed by atoms with Crippen molar-refractivity contribution in [3.8, 4) is 11.5 Å². The summed E-state index contributed by atoms with van der Waals surface area (Å²) in [6.07, 6.45) is 0. The first-order chi connectivity index (χ1) is 16.0. The maximum absolute atomic E-state index is 13.5. The Morgan fingerprint density at radius 3 is 2.09 bits per heavy atom. The van der Waals surface area contributed by atoms with Crippen LogP contribution in [-0.4, -0.2) is 10.8 Å². The van der Waals surface area contributed by atoms with Crippen molar-refractivity contribution in [2.75, 3.05) is 0 Å². The van der Waals surface area contributed by atoms with Crippen molar-refractivity contribution in [1.82, 2.24) is 4.90 Å². The van der Waals surface area contributed by atoms with Crippen molar-refractivity contribution < 1.29 is 9.53 Å². The first-order valence-corrected chi connectivity index (χ1v) is 11.4. The minimum atomic E-state index is -0.129. The van der Waals surface area contributed by atoms with E-state index in [4.69, 9.17) is 27.9 Å². The number of amides is 1. The summed E-state index contributed by atoms with van der Waals surface area (Å²) in [6, 6.07) is 31.9. The lowest BCUT2D eigenvalue weighted by Gasteiger charge is -2.30. The lowest BCUT2D eigenvalue weighted by molar-refractivity contribution is 0.0674. The summed E-state index contributed by atoms with van der Waals surface area (Å²) in [6.45, 7) is 2.46. The minimum absolute atomic E-state index is 0.0629. The van der Waals surface area contributed by atoms with E-state index in [0.717, 1.165) is 11.1 Å². The predicted octanol–water partition coefficient (Wildman–Crippen LogP) is 8.19. The molecule has 4 aromatic rings. The molecule has 0 N–H and O–H groups in total. The number of carbonyl (C=O) groups is 1. The van der Waals surface area contributed by atoms with Gasteiger partial charge in [0.05, 0.1) is 6.04 Å². The summed E-state index contributed by atoms with van der Waals surface area (Å²) >= 11 is 12.0. The third-order valence-corrected chi connectivity index (χ3v) is 5.91. The summed E-state index contributed by atoms with van der Waals surface area (Å²) in [5.74, 6) is 1.33. The molecule has 5 heteroatoms. The average molecular weight is 476 g/mol. The highest BCUT2D eigenvalue weighted by Crippen LogP contribution is 2.28. The topological polar surface area (TPSA) is 29.5 Å². The molecular weight excluding hydrogens is 453 g/mol. The van der Waals surface area contributed by atoms with Gasteiger partial charge in [-0.15, -0.1) is 0 Å². The van der Waals surface area contributed by atoms with E-state index >= 15 is 0 Å². The van der Waals surface area contributed by atoms with E-state index in [-0.39, 0.29) is 11.9 Å². The standard InChI is InChI=1S/C28H23Cl2NO2/c1-20(22-7-3-2-4-8-22)31(28(32)23-10-12-24(29)13-11-23)19-21-6-5-9-27(18-21)33-26-16-14-25(30)15-17-26/h2-18,20H,19H2,1H3. The number of hydrogen-bond acceptors (Lipinski definition) is 2. The van der Waals surface area contributed by atoms with E-state index in [1.54, 1.807) is 36.4 Å². The van der Waals surface area contributed by atoms with Gasteiger partial charge in [0.2, 0.25) is 0 Å². The molecule has 0 bridgehead atoms. The van der Waals surface area contributed by atoms with Gasteiger partial charge in [-0.25, -0.2) is 0 Å². The van der Waals surface area contributed by atoms with E-state index in [0.29, 0.717) is 33.7 Å². The fourth-order valence-electron chi connectivity index (χ4n) is 3.60. The molecular formula is C28H23Cl2NO2. The molecule has 166 valence electrons. The van der Waals surface area contributed by atoms with Gasteiger partial charge in [-0.05, 0) is 78.7 Å². The summed E-state index contributed by atoms with van der Waals surface area (Å²) < 4.78 is 5.98. The second-order valence-corrected chi connectivity index (χ2v) is 8.60. The fraction of sp³-hybridized carbons (Fsp3) is 0.107. The molecule has 0 fully saturated rings. The second kappa shape index (κ2) is 10.6. The molecule has 0 aromatic heterocycles. The summed E-state index contributed by atoms with van der Waals surface area (Å²) in [7, 11) is 0. The van der Waals surface area contributed by atoms with E-state index in [1.165, 1.54) is 0 Å². The van der Waals surface area contributed by atoms with Gasteiger partial charge in [-0.1, -0.05) is 65.7 Å². The van der Waals surface area contributed by atoms with Crippen LogP contribution in [0.15, 0.2) is 103 Å². The number of hydrogen-bond donors (Lipinski definition) is 0. The Labute approximate surface area is 204 Å². The zero-order chi connectivity index (χ0) is 23.2. The van der Waals surface area contributed by atoms with Gasteiger partial charge in [-0.2, -0.15) is 0 Å². The van der Waals surface area contributed by atoms with Gasteiger partial charge < -0.3 is 9.64 Å². The van der Waals surface area contributed by atoms with Crippen LogP contribution in [0.5, 0.6) is 11.5 Å². The third-order valence-electron chi connectivity index (χ3n) is 5.40. The minimum Gasteiger partial charge on any atom is -0.457 e. The SMILES string of the molecule is CC(c1ccccc1)N(Cc1cccc(Oc2ccc(Cl)cc2)c1)C(=O)c1ccc(Cl)cc1. The molecule has 4 rings (SSSR count). The molecule has 1 unspecified atom stereocenters. The summed E-state index contributed by atoms with van der Waals surface area (Å²) in [4.78, 5) is 15.4. The van der Waals surface area contributed by atoms with Crippen LogP contribution in [0.1, 0.15) is 34.5 Å². The average Bonchev–Trinajstić information content (AvgIpc) is 2.84. The monoisotopic (exact) mass is 475 g/mol. The molecule has 0 aliphatic heterocycles. The van der Waals surface area contributed by atoms with Crippen LogP contribution in [0.4, 0.5) is 0 Å². The van der Waals surface area contributed by atoms with Gasteiger partial charge in [0.1, 0.15) is 11.5 Å². The molecule has 1 amide bonds. The lowest BCUT2D eigenvalue weighted by Crippen LogP contribution is -2.33. The molecule has 1 atom stereocenters. The van der Waals surface area contributed by atoms with E-state index in [9.17, 15) is 4.79 Å². The Morgan fingerprint density at radius 2 is 1.42 bits per heavy atom. The Hall–Kier alpha value is -3.27. The van der Waals surface area contributed by atoms with Crippen LogP contribution in [0.3, 0.4) is 0 Å². The Kier molecular flexibility index (Phi) is 7.33. The van der Waals surface area contributed by atoms with Gasteiger partial charge in [0, 0.05) is 22.2 Å². The maximum Gasteiger partial charge on any atom is 0.254 e. The second-order valence-electron chi connectivity index (χ2n) is 7.73. The van der Waals surface area contributed by atoms with Crippen molar-refractivity contribution in [2.45, 2.75) is 19.5 Å². The highest BCUT2D eigenvalue weighted by atomic mass is 35.5. The van der Waals surface area contributed by atoms with Crippen LogP contribution < -0.4 is 4.74 Å². The van der Waals surface area contributed by atoms with Crippen LogP contribution >= 0.6 is 23.2 Å². The number of nitrogens with zero attached hydrogens (tertiary/aromatic N) is 1. The Morgan fingerprint density at radius 1 is 0.788 bits per heavy atom. The molecule has 0 aliphatic rings. The smallest absolute Gasteiger partial charge is 0.254 e. The van der Waals surface area contributed by atoms with E-state index in [2.05, 4.69) is 0 Å². The van der Waals surface area contributed by atoms with E-state index in [1.807, 2.05) is 78.6 Å². The number of rotatable bonds is 7. The Bertz CT molecular complexity index is 1210. The predicted molar refractivity (Wildman–Crippen MR) is 134 cm³/mol. The first kappa shape index (κ1) is 22.9. The molecule has 0 heterocycles. The van der Waals surface area contributed by atoms with Gasteiger partial charge in [-0.3, -0.25) is 4.79 Å². The molecule has 0 aliphatic carbocycles. The molecule has 33 heavy (non-hydrogen) atoms. The van der Waals surface area contributed by atoms with Crippen molar-refractivity contribution >= 4 is 29.1 Å². The van der Waals surface area contributed by atoms with E-state index < -0.39 is 0 Å². The van der Waals surface area contributed by atoms with Crippen molar-refractivity contribution in [3.05, 3.63) is 130 Å². The fourth-order valence-corrected chi connectivity index (χ4v) is 3.85. The van der Waals surface area contributed by atoms with Crippen molar-refractivity contribution in [3.63, 3.8) is 0 Å². The molecule has 0 saturated heterocycles. The molecule has 3 nitrogen and oxygen atoms in total. The van der Waals surface area contributed by atoms with Crippen LogP contribution in [0, 0.1) is 0 Å². The number of carbonyl (C=O) groups excluding carboxylic acids is 1. The van der Waals surface area contributed by atoms with Crippen LogP contribution in [0.2, 0.25) is 10.0 Å². The van der Waals surface area contributed by atoms with Gasteiger partial charge in [0.25, 0.3) is 5.91 Å². The molecule has 0 saturated carbocycles. The quantitative estimate of drug-likeness (QED) is 0.269. The summed E-state index contributed by atoms with van der Waals surface area (Å²) in [5.41, 5.74) is 2.62. The lowest BCUT2D eigenvalue weighted by atomic mass is 10.0. The Balaban J connectivity index is 1.61. The van der Waals surface area contributed by atoms with Crippen molar-refractivity contribution in [1.29, 1.82) is 0 Å². The molecule has 4 aromatic carbocycles.